The van der Waals surface area contributed by atoms with Gasteiger partial charge < -0.3 is 9.47 Å². The Morgan fingerprint density at radius 2 is 0.962 bits per heavy atom. The smallest absolute Gasteiger partial charge is 0.434 e. The number of rotatable bonds is 19. The van der Waals surface area contributed by atoms with Crippen LogP contribution in [0.15, 0.2) is 12.2 Å². The molecule has 0 N–H and O–H groups in total. The van der Waals surface area contributed by atoms with Gasteiger partial charge in [0.05, 0.1) is 13.2 Å². The van der Waals surface area contributed by atoms with Crippen LogP contribution in [-0.2, 0) is 9.47 Å². The summed E-state index contributed by atoms with van der Waals surface area (Å²) < 4.78 is 10.1. The first-order chi connectivity index (χ1) is 12.8. The van der Waals surface area contributed by atoms with E-state index in [1.165, 1.54) is 77.0 Å². The average Bonchev–Trinajstić information content (AvgIpc) is 2.64. The molecule has 0 atom stereocenters. The normalized spacial score (nSPS) is 11.2. The van der Waals surface area contributed by atoms with Gasteiger partial charge in [-0.15, -0.1) is 0 Å². The van der Waals surface area contributed by atoms with Gasteiger partial charge in [-0.05, 0) is 38.5 Å². The molecule has 0 rings (SSSR count). The van der Waals surface area contributed by atoms with E-state index in [-0.39, 0.29) is 0 Å². The Balaban J connectivity index is 3.16. The van der Waals surface area contributed by atoms with Crippen molar-refractivity contribution in [2.45, 2.75) is 117 Å². The van der Waals surface area contributed by atoms with Crippen LogP contribution in [0.5, 0.6) is 0 Å². The molecule has 154 valence electrons. The highest BCUT2D eigenvalue weighted by Gasteiger charge is 2.02. The van der Waals surface area contributed by atoms with Crippen LogP contribution in [0.3, 0.4) is 0 Å². The van der Waals surface area contributed by atoms with E-state index in [0.717, 1.165) is 25.7 Å². The molecule has 3 nitrogen and oxygen atoms in total. The van der Waals surface area contributed by atoms with Gasteiger partial charge in [0.2, 0.25) is 0 Å². The van der Waals surface area contributed by atoms with E-state index in [2.05, 4.69) is 26.0 Å². The molecule has 3 heteroatoms. The van der Waals surface area contributed by atoms with Crippen LogP contribution < -0.4 is 0 Å². The van der Waals surface area contributed by atoms with Crippen molar-refractivity contribution in [2.75, 3.05) is 13.2 Å². The van der Waals surface area contributed by atoms with Crippen LogP contribution in [0.1, 0.15) is 117 Å². The molecule has 0 amide bonds. The summed E-state index contributed by atoms with van der Waals surface area (Å²) in [5.41, 5.74) is 0. The molecule has 0 aromatic carbocycles. The molecule has 0 unspecified atom stereocenters. The summed E-state index contributed by atoms with van der Waals surface area (Å²) in [6.45, 7) is 5.41. The van der Waals surface area contributed by atoms with Crippen molar-refractivity contribution < 1.29 is 14.3 Å². The van der Waals surface area contributed by atoms with Crippen molar-refractivity contribution in [1.29, 1.82) is 0 Å². The fourth-order valence-corrected chi connectivity index (χ4v) is 2.88. The molecule has 0 fully saturated rings. The number of hydrogen-bond acceptors (Lipinski definition) is 3. The summed E-state index contributed by atoms with van der Waals surface area (Å²) in [6.07, 6.45) is 23.8. The van der Waals surface area contributed by atoms with Crippen LogP contribution in [0.2, 0.25) is 0 Å². The summed E-state index contributed by atoms with van der Waals surface area (Å²) in [4.78, 5) is 11.4. The first-order valence-corrected chi connectivity index (χ1v) is 11.3. The summed E-state index contributed by atoms with van der Waals surface area (Å²) in [5, 5.41) is 0. The van der Waals surface area contributed by atoms with Crippen LogP contribution >= 0.6 is 0 Å². The zero-order valence-corrected chi connectivity index (χ0v) is 17.6. The Bertz CT molecular complexity index is 313. The third-order valence-corrected chi connectivity index (χ3v) is 4.59. The predicted octanol–water partition coefficient (Wildman–Crippen LogP) is 7.98. The molecule has 0 aliphatic rings. The third-order valence-electron chi connectivity index (χ3n) is 4.59. The molecule has 0 aliphatic heterocycles. The van der Waals surface area contributed by atoms with Gasteiger partial charge in [-0.25, -0.2) is 4.79 Å². The summed E-state index contributed by atoms with van der Waals surface area (Å²) >= 11 is 0. The van der Waals surface area contributed by atoms with Crippen molar-refractivity contribution in [3.63, 3.8) is 0 Å². The Labute approximate surface area is 162 Å². The van der Waals surface area contributed by atoms with E-state index in [1.807, 2.05) is 0 Å². The molecule has 0 heterocycles. The third kappa shape index (κ3) is 21.1. The molecular weight excluding hydrogens is 324 g/mol. The van der Waals surface area contributed by atoms with E-state index in [9.17, 15) is 4.79 Å². The van der Waals surface area contributed by atoms with Gasteiger partial charge in [0.15, 0.2) is 0 Å². The molecule has 0 saturated carbocycles. The number of ether oxygens (including phenoxy) is 2. The zero-order valence-electron chi connectivity index (χ0n) is 17.6. The number of allylic oxidation sites excluding steroid dienone is 2. The van der Waals surface area contributed by atoms with Gasteiger partial charge in [0.1, 0.15) is 0 Å². The van der Waals surface area contributed by atoms with Crippen molar-refractivity contribution in [3.8, 4) is 0 Å². The first kappa shape index (κ1) is 25.0. The quantitative estimate of drug-likeness (QED) is 0.132. The van der Waals surface area contributed by atoms with E-state index in [4.69, 9.17) is 9.47 Å². The lowest BCUT2D eigenvalue weighted by molar-refractivity contribution is 0.0529. The summed E-state index contributed by atoms with van der Waals surface area (Å²) in [5.74, 6) is 0. The highest BCUT2D eigenvalue weighted by molar-refractivity contribution is 5.59. The second kappa shape index (κ2) is 22.1. The minimum absolute atomic E-state index is 0.492. The summed E-state index contributed by atoms with van der Waals surface area (Å²) in [7, 11) is 0. The van der Waals surface area contributed by atoms with Gasteiger partial charge >= 0.3 is 6.16 Å². The van der Waals surface area contributed by atoms with Crippen LogP contribution in [-0.4, -0.2) is 19.4 Å². The molecule has 0 bridgehead atoms. The lowest BCUT2D eigenvalue weighted by Crippen LogP contribution is -2.09. The highest BCUT2D eigenvalue weighted by Crippen LogP contribution is 2.09. The van der Waals surface area contributed by atoms with Crippen molar-refractivity contribution in [3.05, 3.63) is 12.2 Å². The topological polar surface area (TPSA) is 35.5 Å². The molecule has 0 aromatic heterocycles. The van der Waals surface area contributed by atoms with Crippen molar-refractivity contribution in [2.24, 2.45) is 0 Å². The van der Waals surface area contributed by atoms with Gasteiger partial charge in [-0.2, -0.15) is 0 Å². The lowest BCUT2D eigenvalue weighted by atomic mass is 10.1. The van der Waals surface area contributed by atoms with E-state index < -0.39 is 6.16 Å². The SMILES string of the molecule is CCCCCC/C=C\CCCCCCCCOC(=O)OCCCCCC. The number of carbonyl (C=O) groups is 1. The second-order valence-electron chi connectivity index (χ2n) is 7.24. The van der Waals surface area contributed by atoms with Gasteiger partial charge in [-0.1, -0.05) is 90.2 Å². The molecule has 0 saturated heterocycles. The molecule has 0 spiro atoms. The Kier molecular flexibility index (Phi) is 21.2. The maximum absolute atomic E-state index is 11.4. The van der Waals surface area contributed by atoms with Crippen LogP contribution in [0, 0.1) is 0 Å². The van der Waals surface area contributed by atoms with Gasteiger partial charge in [0.25, 0.3) is 0 Å². The molecule has 0 aromatic rings. The monoisotopic (exact) mass is 368 g/mol. The molecule has 0 radical (unpaired) electrons. The summed E-state index contributed by atoms with van der Waals surface area (Å²) in [6, 6.07) is 0. The van der Waals surface area contributed by atoms with Crippen LogP contribution in [0.4, 0.5) is 4.79 Å². The maximum atomic E-state index is 11.4. The minimum Gasteiger partial charge on any atom is -0.434 e. The first-order valence-electron chi connectivity index (χ1n) is 11.3. The Hall–Kier alpha value is -0.990. The van der Waals surface area contributed by atoms with Gasteiger partial charge in [-0.3, -0.25) is 0 Å². The minimum atomic E-state index is -0.497. The lowest BCUT2D eigenvalue weighted by Gasteiger charge is -2.06. The average molecular weight is 369 g/mol. The fraction of sp³-hybridized carbons (Fsp3) is 0.870. The van der Waals surface area contributed by atoms with Crippen molar-refractivity contribution in [1.82, 2.24) is 0 Å². The largest absolute Gasteiger partial charge is 0.508 e. The molecule has 0 aliphatic carbocycles. The van der Waals surface area contributed by atoms with E-state index >= 15 is 0 Å². The van der Waals surface area contributed by atoms with E-state index in [1.54, 1.807) is 0 Å². The second-order valence-corrected chi connectivity index (χ2v) is 7.24. The fourth-order valence-electron chi connectivity index (χ4n) is 2.88. The van der Waals surface area contributed by atoms with E-state index in [0.29, 0.717) is 13.2 Å². The van der Waals surface area contributed by atoms with Crippen LogP contribution in [0.25, 0.3) is 0 Å². The molecular formula is C23H44O3. The zero-order chi connectivity index (χ0) is 19.1. The standard InChI is InChI=1S/C23H44O3/c1-3-5-7-9-10-11-12-13-14-15-16-17-18-20-22-26-23(24)25-21-19-8-6-4-2/h11-12H,3-10,13-22H2,1-2H3/b12-11-. The Morgan fingerprint density at radius 1 is 0.577 bits per heavy atom. The molecule has 26 heavy (non-hydrogen) atoms. The highest BCUT2D eigenvalue weighted by atomic mass is 16.7. The number of unbranched alkanes of at least 4 members (excludes halogenated alkanes) is 13. The number of hydrogen-bond donors (Lipinski definition) is 0. The predicted molar refractivity (Wildman–Crippen MR) is 112 cm³/mol. The maximum Gasteiger partial charge on any atom is 0.508 e. The van der Waals surface area contributed by atoms with Gasteiger partial charge in [0, 0.05) is 0 Å². The van der Waals surface area contributed by atoms with Crippen molar-refractivity contribution >= 4 is 6.16 Å². The number of carbonyl (C=O) groups excluding carboxylic acids is 1. The Morgan fingerprint density at radius 3 is 1.46 bits per heavy atom.